The van der Waals surface area contributed by atoms with Crippen molar-refractivity contribution in [2.75, 3.05) is 7.11 Å². The highest BCUT2D eigenvalue weighted by atomic mass is 16.5. The molecule has 0 saturated heterocycles. The number of rotatable bonds is 3. The predicted octanol–water partition coefficient (Wildman–Crippen LogP) is 1.80. The summed E-state index contributed by atoms with van der Waals surface area (Å²) in [5.41, 5.74) is 2.94. The van der Waals surface area contributed by atoms with Gasteiger partial charge in [0.15, 0.2) is 0 Å². The van der Waals surface area contributed by atoms with E-state index in [9.17, 15) is 4.79 Å². The second-order valence-corrected chi connectivity index (χ2v) is 3.94. The van der Waals surface area contributed by atoms with Gasteiger partial charge in [-0.05, 0) is 27.7 Å². The number of aryl methyl sites for hydroxylation is 1. The van der Waals surface area contributed by atoms with E-state index in [1.165, 1.54) is 7.11 Å². The van der Waals surface area contributed by atoms with Gasteiger partial charge in [0.2, 0.25) is 0 Å². The molecule has 4 nitrogen and oxygen atoms in total. The van der Waals surface area contributed by atoms with E-state index in [2.05, 4.69) is 23.7 Å². The van der Waals surface area contributed by atoms with Gasteiger partial charge < -0.3 is 4.74 Å². The number of carbonyl (C=O) groups is 1. The van der Waals surface area contributed by atoms with Crippen molar-refractivity contribution in [1.29, 1.82) is 0 Å². The highest BCUT2D eigenvalue weighted by Crippen LogP contribution is 2.17. The lowest BCUT2D eigenvalue weighted by Crippen LogP contribution is -2.08. The van der Waals surface area contributed by atoms with Crippen LogP contribution in [-0.2, 0) is 16.0 Å². The van der Waals surface area contributed by atoms with Crippen LogP contribution in [0.5, 0.6) is 0 Å². The van der Waals surface area contributed by atoms with E-state index in [-0.39, 0.29) is 5.97 Å². The summed E-state index contributed by atoms with van der Waals surface area (Å²) in [5.74, 6) is -0.218. The van der Waals surface area contributed by atoms with Gasteiger partial charge in [0, 0.05) is 17.3 Å². The molecule has 0 aromatic carbocycles. The Hall–Kier alpha value is -1.32. The van der Waals surface area contributed by atoms with E-state index in [0.717, 1.165) is 17.0 Å². The first-order chi connectivity index (χ1) is 6.97. The first-order valence-corrected chi connectivity index (χ1v) is 5.08. The third-order valence-electron chi connectivity index (χ3n) is 2.51. The van der Waals surface area contributed by atoms with Gasteiger partial charge >= 0.3 is 5.97 Å². The lowest BCUT2D eigenvalue weighted by atomic mass is 10.1. The fourth-order valence-electron chi connectivity index (χ4n) is 1.67. The van der Waals surface area contributed by atoms with Gasteiger partial charge in [0.1, 0.15) is 0 Å². The lowest BCUT2D eigenvalue weighted by Gasteiger charge is -2.08. The minimum atomic E-state index is -0.218. The summed E-state index contributed by atoms with van der Waals surface area (Å²) in [4.78, 5) is 11.2. The van der Waals surface area contributed by atoms with Crippen molar-refractivity contribution in [3.8, 4) is 0 Å². The molecule has 84 valence electrons. The number of carbonyl (C=O) groups excluding carboxylic acids is 1. The number of hydrogen-bond donors (Lipinski definition) is 0. The largest absolute Gasteiger partial charge is 0.469 e. The topological polar surface area (TPSA) is 44.1 Å². The van der Waals surface area contributed by atoms with Crippen LogP contribution in [0.1, 0.15) is 36.8 Å². The van der Waals surface area contributed by atoms with E-state index < -0.39 is 0 Å². The molecule has 1 rings (SSSR count). The van der Waals surface area contributed by atoms with Gasteiger partial charge in [0.25, 0.3) is 0 Å². The minimum absolute atomic E-state index is 0.218. The van der Waals surface area contributed by atoms with E-state index in [1.807, 2.05) is 18.5 Å². The molecule has 0 atom stereocenters. The number of methoxy groups -OCH3 is 1. The van der Waals surface area contributed by atoms with E-state index in [1.54, 1.807) is 0 Å². The van der Waals surface area contributed by atoms with Crippen molar-refractivity contribution >= 4 is 5.97 Å². The molecule has 0 amide bonds. The first kappa shape index (κ1) is 11.8. The van der Waals surface area contributed by atoms with Crippen LogP contribution in [0.15, 0.2) is 0 Å². The maximum atomic E-state index is 11.2. The number of ether oxygens (including phenoxy) is 1. The van der Waals surface area contributed by atoms with Crippen molar-refractivity contribution in [3.05, 3.63) is 17.0 Å². The zero-order valence-corrected chi connectivity index (χ0v) is 10.00. The Balaban J connectivity index is 3.03. The molecule has 0 N–H and O–H groups in total. The Labute approximate surface area is 90.2 Å². The van der Waals surface area contributed by atoms with Gasteiger partial charge in [0.05, 0.1) is 19.2 Å². The number of aromatic nitrogens is 2. The predicted molar refractivity (Wildman–Crippen MR) is 57.8 cm³/mol. The Morgan fingerprint density at radius 2 is 2.07 bits per heavy atom. The molecular weight excluding hydrogens is 192 g/mol. The van der Waals surface area contributed by atoms with Gasteiger partial charge in [-0.2, -0.15) is 5.10 Å². The molecule has 1 aromatic rings. The Kier molecular flexibility index (Phi) is 3.50. The fourth-order valence-corrected chi connectivity index (χ4v) is 1.67. The van der Waals surface area contributed by atoms with Crippen LogP contribution in [0, 0.1) is 13.8 Å². The van der Waals surface area contributed by atoms with Gasteiger partial charge in [-0.3, -0.25) is 9.48 Å². The van der Waals surface area contributed by atoms with Crippen molar-refractivity contribution < 1.29 is 9.53 Å². The molecule has 0 unspecified atom stereocenters. The van der Waals surface area contributed by atoms with Crippen LogP contribution in [0.25, 0.3) is 0 Å². The summed E-state index contributed by atoms with van der Waals surface area (Å²) in [5, 5.41) is 4.41. The molecule has 0 saturated carbocycles. The Morgan fingerprint density at radius 3 is 2.47 bits per heavy atom. The van der Waals surface area contributed by atoms with Gasteiger partial charge in [-0.25, -0.2) is 0 Å². The normalized spacial score (nSPS) is 10.8. The summed E-state index contributed by atoms with van der Waals surface area (Å²) >= 11 is 0. The monoisotopic (exact) mass is 210 g/mol. The Morgan fingerprint density at radius 1 is 1.47 bits per heavy atom. The first-order valence-electron chi connectivity index (χ1n) is 5.08. The van der Waals surface area contributed by atoms with Crippen molar-refractivity contribution in [2.45, 2.75) is 40.2 Å². The molecule has 0 aliphatic carbocycles. The van der Waals surface area contributed by atoms with Crippen LogP contribution in [-0.4, -0.2) is 22.9 Å². The molecule has 0 bridgehead atoms. The summed E-state index contributed by atoms with van der Waals surface area (Å²) in [6.45, 7) is 8.05. The van der Waals surface area contributed by atoms with E-state index >= 15 is 0 Å². The number of nitrogens with zero attached hydrogens (tertiary/aromatic N) is 2. The van der Waals surface area contributed by atoms with Crippen molar-refractivity contribution in [2.24, 2.45) is 0 Å². The van der Waals surface area contributed by atoms with Crippen molar-refractivity contribution in [1.82, 2.24) is 9.78 Å². The molecule has 0 aliphatic rings. The number of esters is 1. The third-order valence-corrected chi connectivity index (χ3v) is 2.51. The molecule has 0 fully saturated rings. The quantitative estimate of drug-likeness (QED) is 0.714. The molecule has 0 aliphatic heterocycles. The molecule has 0 spiro atoms. The van der Waals surface area contributed by atoms with E-state index in [4.69, 9.17) is 0 Å². The fraction of sp³-hybridized carbons (Fsp3) is 0.636. The molecule has 15 heavy (non-hydrogen) atoms. The SMILES string of the molecule is COC(=O)Cc1c(C)nn(C(C)C)c1C. The second kappa shape index (κ2) is 4.47. The van der Waals surface area contributed by atoms with Crippen molar-refractivity contribution in [3.63, 3.8) is 0 Å². The minimum Gasteiger partial charge on any atom is -0.469 e. The van der Waals surface area contributed by atoms with Gasteiger partial charge in [-0.1, -0.05) is 0 Å². The molecule has 0 radical (unpaired) electrons. The molecular formula is C11H18N2O2. The second-order valence-electron chi connectivity index (χ2n) is 3.94. The highest BCUT2D eigenvalue weighted by Gasteiger charge is 2.16. The lowest BCUT2D eigenvalue weighted by molar-refractivity contribution is -0.139. The van der Waals surface area contributed by atoms with Gasteiger partial charge in [-0.15, -0.1) is 0 Å². The summed E-state index contributed by atoms with van der Waals surface area (Å²) < 4.78 is 6.60. The maximum absolute atomic E-state index is 11.2. The van der Waals surface area contributed by atoms with E-state index in [0.29, 0.717) is 12.5 Å². The van der Waals surface area contributed by atoms with Crippen LogP contribution in [0.3, 0.4) is 0 Å². The zero-order valence-electron chi connectivity index (χ0n) is 10.00. The smallest absolute Gasteiger partial charge is 0.310 e. The summed E-state index contributed by atoms with van der Waals surface area (Å²) in [6, 6.07) is 0.315. The third kappa shape index (κ3) is 2.37. The number of hydrogen-bond acceptors (Lipinski definition) is 3. The molecule has 1 aromatic heterocycles. The van der Waals surface area contributed by atoms with Crippen LogP contribution >= 0.6 is 0 Å². The standard InChI is InChI=1S/C11H18N2O2/c1-7(2)13-9(4)10(8(3)12-13)6-11(14)15-5/h7H,6H2,1-5H3. The highest BCUT2D eigenvalue weighted by molar-refractivity contribution is 5.73. The Bertz CT molecular complexity index is 367. The summed E-state index contributed by atoms with van der Waals surface area (Å²) in [7, 11) is 1.40. The maximum Gasteiger partial charge on any atom is 0.310 e. The average Bonchev–Trinajstić information content (AvgIpc) is 2.45. The molecule has 1 heterocycles. The molecule has 4 heteroatoms. The zero-order chi connectivity index (χ0) is 11.6. The average molecular weight is 210 g/mol. The summed E-state index contributed by atoms with van der Waals surface area (Å²) in [6.07, 6.45) is 0.306. The van der Waals surface area contributed by atoms with Crippen LogP contribution in [0.4, 0.5) is 0 Å². The van der Waals surface area contributed by atoms with Crippen LogP contribution in [0.2, 0.25) is 0 Å². The van der Waals surface area contributed by atoms with Crippen LogP contribution < -0.4 is 0 Å².